The van der Waals surface area contributed by atoms with Gasteiger partial charge in [0, 0.05) is 19.3 Å². The lowest BCUT2D eigenvalue weighted by Gasteiger charge is -2.21. The Morgan fingerprint density at radius 2 is 0.568 bits per heavy atom. The first kappa shape index (κ1) is 90.4. The molecule has 0 saturated carbocycles. The zero-order valence-electron chi connectivity index (χ0n) is 58.8. The van der Waals surface area contributed by atoms with E-state index >= 15 is 0 Å². The number of carbonyl (C=O) groups is 3. The number of esters is 3. The van der Waals surface area contributed by atoms with Crippen LogP contribution in [0.4, 0.5) is 0 Å². The Balaban J connectivity index is 4.62. The lowest BCUT2D eigenvalue weighted by molar-refractivity contribution is -0.161. The third-order valence-electron chi connectivity index (χ3n) is 14.5. The number of ether oxygens (including phenoxy) is 3. The van der Waals surface area contributed by atoms with Crippen LogP contribution in [0.1, 0.15) is 265 Å². The highest BCUT2D eigenvalue weighted by Gasteiger charge is 2.29. The van der Waals surface area contributed by atoms with Crippen molar-refractivity contribution in [2.45, 2.75) is 283 Å². The fourth-order valence-electron chi connectivity index (χ4n) is 9.07. The summed E-state index contributed by atoms with van der Waals surface area (Å²) in [6, 6.07) is 0. The van der Waals surface area contributed by atoms with Crippen LogP contribution in [-0.2, 0) is 55.8 Å². The molecular weight excluding hydrogens is 1240 g/mol. The van der Waals surface area contributed by atoms with Crippen LogP contribution in [0.5, 0.6) is 0 Å². The second kappa shape index (κ2) is 69.3. The fourth-order valence-corrected chi connectivity index (χ4v) is 10.7. The van der Waals surface area contributed by atoms with E-state index in [1.807, 2.05) is 12.2 Å². The summed E-state index contributed by atoms with van der Waals surface area (Å²) in [6.07, 6.45) is 83.3. The average molecular weight is 1370 g/mol. The molecule has 5 atom stereocenters. The van der Waals surface area contributed by atoms with Gasteiger partial charge in [0.15, 0.2) is 6.10 Å². The van der Waals surface area contributed by atoms with Gasteiger partial charge in [0.05, 0.1) is 26.4 Å². The molecule has 0 aliphatic heterocycles. The van der Waals surface area contributed by atoms with Gasteiger partial charge in [0.25, 0.3) is 0 Å². The molecule has 0 bridgehead atoms. The molecule has 5 unspecified atom stereocenters. The van der Waals surface area contributed by atoms with Crippen molar-refractivity contribution in [1.29, 1.82) is 0 Å². The molecule has 0 radical (unpaired) electrons. The van der Waals surface area contributed by atoms with Gasteiger partial charge in [-0.1, -0.05) is 256 Å². The second-order valence-electron chi connectivity index (χ2n) is 23.6. The first-order valence-corrected chi connectivity index (χ1v) is 39.1. The Morgan fingerprint density at radius 1 is 0.305 bits per heavy atom. The summed E-state index contributed by atoms with van der Waals surface area (Å²) in [4.78, 5) is 58.4. The van der Waals surface area contributed by atoms with Crippen LogP contribution in [0.2, 0.25) is 0 Å². The Morgan fingerprint density at radius 3 is 0.937 bits per heavy atom. The SMILES string of the molecule is CC/C=C\C/C=C\C/C=C\C/C=C\C/C=C\C/C=C\CCCCCCCCCCC(=O)OCC(O)COP(=O)(O)OCC(O)COP(=O)(O)OCC(COC(=O)CCC/C=C\C/C=C\C/C=C\C/C=C\C/C=C\CC)OC(=O)CCCCCCC/C=C\CCCCCCCC. The largest absolute Gasteiger partial charge is 0.472 e. The molecule has 0 aromatic heterocycles. The third-order valence-corrected chi connectivity index (χ3v) is 16.4. The molecule has 0 aromatic carbocycles. The predicted molar refractivity (Wildman–Crippen MR) is 389 cm³/mol. The van der Waals surface area contributed by atoms with Gasteiger partial charge in [-0.25, -0.2) is 9.13 Å². The van der Waals surface area contributed by atoms with Gasteiger partial charge in [0.1, 0.15) is 25.4 Å². The van der Waals surface area contributed by atoms with E-state index in [4.69, 9.17) is 32.3 Å². The van der Waals surface area contributed by atoms with Crippen molar-refractivity contribution in [3.8, 4) is 0 Å². The molecule has 95 heavy (non-hydrogen) atoms. The van der Waals surface area contributed by atoms with E-state index < -0.39 is 91.5 Å². The van der Waals surface area contributed by atoms with Crippen LogP contribution >= 0.6 is 15.6 Å². The smallest absolute Gasteiger partial charge is 0.463 e. The summed E-state index contributed by atoms with van der Waals surface area (Å²) in [5, 5.41) is 20.6. The summed E-state index contributed by atoms with van der Waals surface area (Å²) in [5.41, 5.74) is 0. The lowest BCUT2D eigenvalue weighted by atomic mass is 10.1. The van der Waals surface area contributed by atoms with Crippen LogP contribution in [0.25, 0.3) is 0 Å². The van der Waals surface area contributed by atoms with Crippen molar-refractivity contribution in [3.05, 3.63) is 146 Å². The van der Waals surface area contributed by atoms with Gasteiger partial charge in [-0.3, -0.25) is 32.5 Å². The number of hydrogen-bond acceptors (Lipinski definition) is 14. The molecule has 0 spiro atoms. The zero-order valence-corrected chi connectivity index (χ0v) is 60.6. The fraction of sp³-hybridized carbons (Fsp3) is 0.649. The molecular formula is C77H128O16P2. The van der Waals surface area contributed by atoms with E-state index in [1.165, 1.54) is 57.8 Å². The molecule has 0 fully saturated rings. The molecule has 0 amide bonds. The van der Waals surface area contributed by atoms with Crippen LogP contribution in [0, 0.1) is 0 Å². The number of aliphatic hydroxyl groups excluding tert-OH is 2. The number of carbonyl (C=O) groups excluding carboxylic acids is 3. The van der Waals surface area contributed by atoms with E-state index in [1.54, 1.807) is 0 Å². The standard InChI is InChI=1S/C77H128O16P2/c1-4-7-10-13-16-19-22-25-28-30-31-32-33-34-35-36-37-38-39-41-44-45-48-51-54-57-60-63-75(80)87-66-72(78)67-89-94(83,84)90-68-73(79)69-91-95(85,86)92-71-74(93-77(82)65-62-59-56-53-50-47-42-27-24-21-18-15-12-9-6-3)70-88-76(81)64-61-58-55-52-49-46-43-40-29-26-23-20-17-14-11-8-5-2/h7-8,10-11,16-17,19-20,25-29,31-32,34-35,37-38,42-43,46,52,55,72-74,78-79H,4-6,9,12-15,18,21-24,30,33,36,39-41,44-45,47-51,53-54,56-71H2,1-3H3,(H,83,84)(H,85,86)/b10-7-,11-8-,19-16-,20-17-,28-25-,29-26-,32-31-,35-34-,38-37-,42-27-,46-43-,55-52-. The molecule has 0 aromatic rings. The van der Waals surface area contributed by atoms with Gasteiger partial charge in [-0.2, -0.15) is 0 Å². The number of unbranched alkanes of at least 4 members (excludes halogenated alkanes) is 20. The number of aliphatic hydroxyl groups is 2. The molecule has 0 saturated heterocycles. The van der Waals surface area contributed by atoms with Crippen molar-refractivity contribution < 1.29 is 75.8 Å². The van der Waals surface area contributed by atoms with Crippen LogP contribution in [0.3, 0.4) is 0 Å². The molecule has 0 aliphatic rings. The Kier molecular flexibility index (Phi) is 66.0. The van der Waals surface area contributed by atoms with Gasteiger partial charge < -0.3 is 34.2 Å². The number of allylic oxidation sites excluding steroid dienone is 24. The summed E-state index contributed by atoms with van der Waals surface area (Å²) in [5.74, 6) is -1.67. The number of rotatable bonds is 67. The predicted octanol–water partition coefficient (Wildman–Crippen LogP) is 20.5. The topological polar surface area (TPSA) is 231 Å². The Bertz CT molecular complexity index is 2310. The van der Waals surface area contributed by atoms with Gasteiger partial charge in [-0.05, 0) is 135 Å². The molecule has 16 nitrogen and oxygen atoms in total. The Hall–Kier alpha value is -4.57. The quantitative estimate of drug-likeness (QED) is 0.0146. The van der Waals surface area contributed by atoms with E-state index in [9.17, 15) is 43.5 Å². The van der Waals surface area contributed by atoms with Crippen molar-refractivity contribution in [2.24, 2.45) is 0 Å². The van der Waals surface area contributed by atoms with Crippen molar-refractivity contribution in [3.63, 3.8) is 0 Å². The van der Waals surface area contributed by atoms with E-state index in [2.05, 4.69) is 154 Å². The number of hydrogen-bond donors (Lipinski definition) is 4. The minimum atomic E-state index is -4.94. The Labute approximate surface area is 575 Å². The van der Waals surface area contributed by atoms with Gasteiger partial charge in [0.2, 0.25) is 0 Å². The van der Waals surface area contributed by atoms with Crippen molar-refractivity contribution in [2.75, 3.05) is 39.6 Å². The average Bonchev–Trinajstić information content (AvgIpc) is 2.05. The molecule has 0 aliphatic carbocycles. The molecule has 0 rings (SSSR count). The maximum Gasteiger partial charge on any atom is 0.472 e. The molecule has 18 heteroatoms. The lowest BCUT2D eigenvalue weighted by Crippen LogP contribution is -2.30. The summed E-state index contributed by atoms with van der Waals surface area (Å²) in [6.45, 7) is 2.34. The maximum atomic E-state index is 12.9. The summed E-state index contributed by atoms with van der Waals surface area (Å²) < 4.78 is 60.9. The molecule has 4 N–H and O–H groups in total. The summed E-state index contributed by atoms with van der Waals surface area (Å²) >= 11 is 0. The van der Waals surface area contributed by atoms with E-state index in [0.29, 0.717) is 25.7 Å². The molecule has 0 heterocycles. The monoisotopic (exact) mass is 1370 g/mol. The zero-order chi connectivity index (χ0) is 69.5. The highest BCUT2D eigenvalue weighted by atomic mass is 31.2. The first-order valence-electron chi connectivity index (χ1n) is 36.1. The maximum absolute atomic E-state index is 12.9. The van der Waals surface area contributed by atoms with Crippen molar-refractivity contribution in [1.82, 2.24) is 0 Å². The summed E-state index contributed by atoms with van der Waals surface area (Å²) in [7, 11) is -9.81. The van der Waals surface area contributed by atoms with E-state index in [-0.39, 0.29) is 19.3 Å². The van der Waals surface area contributed by atoms with Crippen LogP contribution in [0.15, 0.2) is 146 Å². The second-order valence-corrected chi connectivity index (χ2v) is 26.5. The minimum absolute atomic E-state index is 0.0789. The van der Waals surface area contributed by atoms with Crippen LogP contribution < -0.4 is 0 Å². The highest BCUT2D eigenvalue weighted by Crippen LogP contribution is 2.45. The number of phosphoric ester groups is 2. The van der Waals surface area contributed by atoms with Crippen molar-refractivity contribution >= 4 is 33.6 Å². The molecule has 542 valence electrons. The first-order chi connectivity index (χ1) is 46.2. The highest BCUT2D eigenvalue weighted by molar-refractivity contribution is 7.47. The normalized spacial score (nSPS) is 15.0. The number of phosphoric acid groups is 2. The van der Waals surface area contributed by atoms with Gasteiger partial charge >= 0.3 is 33.6 Å². The minimum Gasteiger partial charge on any atom is -0.463 e. The van der Waals surface area contributed by atoms with E-state index in [0.717, 1.165) is 141 Å². The van der Waals surface area contributed by atoms with Gasteiger partial charge in [-0.15, -0.1) is 0 Å². The third kappa shape index (κ3) is 70.6. The van der Waals surface area contributed by atoms with Crippen LogP contribution in [-0.4, -0.2) is 95.9 Å².